The van der Waals surface area contributed by atoms with E-state index in [0.717, 1.165) is 16.8 Å². The SMILES string of the molecule is CN(c1ncc(CBr)cn1)C1CCSC1. The molecule has 1 atom stereocenters. The van der Waals surface area contributed by atoms with Gasteiger partial charge < -0.3 is 4.90 Å². The van der Waals surface area contributed by atoms with Crippen LogP contribution < -0.4 is 4.90 Å². The molecule has 3 nitrogen and oxygen atoms in total. The van der Waals surface area contributed by atoms with Crippen molar-refractivity contribution in [2.24, 2.45) is 0 Å². The molecule has 1 fully saturated rings. The summed E-state index contributed by atoms with van der Waals surface area (Å²) in [4.78, 5) is 10.9. The van der Waals surface area contributed by atoms with E-state index in [0.29, 0.717) is 6.04 Å². The first kappa shape index (κ1) is 11.2. The van der Waals surface area contributed by atoms with Gasteiger partial charge in [0.2, 0.25) is 5.95 Å². The number of alkyl halides is 1. The summed E-state index contributed by atoms with van der Waals surface area (Å²) in [6, 6.07) is 0.602. The molecular formula is C10H14BrN3S. The molecule has 2 rings (SSSR count). The van der Waals surface area contributed by atoms with Crippen molar-refractivity contribution < 1.29 is 0 Å². The van der Waals surface area contributed by atoms with Crippen molar-refractivity contribution in [3.8, 4) is 0 Å². The van der Waals surface area contributed by atoms with Gasteiger partial charge in [0, 0.05) is 36.6 Å². The number of hydrogen-bond acceptors (Lipinski definition) is 4. The predicted octanol–water partition coefficient (Wildman–Crippen LogP) is 2.31. The molecule has 5 heteroatoms. The first-order chi connectivity index (χ1) is 7.31. The maximum Gasteiger partial charge on any atom is 0.225 e. The number of anilines is 1. The third kappa shape index (κ3) is 2.64. The maximum atomic E-state index is 4.37. The number of thioether (sulfide) groups is 1. The van der Waals surface area contributed by atoms with Crippen molar-refractivity contribution in [2.45, 2.75) is 17.8 Å². The van der Waals surface area contributed by atoms with Crippen LogP contribution in [-0.4, -0.2) is 34.6 Å². The van der Waals surface area contributed by atoms with Gasteiger partial charge in [0.15, 0.2) is 0 Å². The average Bonchev–Trinajstić information content (AvgIpc) is 2.82. The minimum Gasteiger partial charge on any atom is -0.340 e. The zero-order valence-electron chi connectivity index (χ0n) is 8.69. The van der Waals surface area contributed by atoms with Crippen LogP contribution in [0.4, 0.5) is 5.95 Å². The van der Waals surface area contributed by atoms with E-state index in [1.807, 2.05) is 24.2 Å². The summed E-state index contributed by atoms with van der Waals surface area (Å²) in [7, 11) is 2.08. The van der Waals surface area contributed by atoms with Crippen molar-refractivity contribution in [2.75, 3.05) is 23.5 Å². The highest BCUT2D eigenvalue weighted by molar-refractivity contribution is 9.08. The van der Waals surface area contributed by atoms with E-state index < -0.39 is 0 Å². The van der Waals surface area contributed by atoms with E-state index in [1.165, 1.54) is 17.9 Å². The second-order valence-corrected chi connectivity index (χ2v) is 5.36. The molecule has 1 aliphatic rings. The van der Waals surface area contributed by atoms with Gasteiger partial charge in [0.05, 0.1) is 0 Å². The largest absolute Gasteiger partial charge is 0.340 e. The smallest absolute Gasteiger partial charge is 0.225 e. The Kier molecular flexibility index (Phi) is 3.86. The molecule has 0 aromatic carbocycles. The lowest BCUT2D eigenvalue weighted by Crippen LogP contribution is -2.32. The van der Waals surface area contributed by atoms with Crippen LogP contribution in [0.5, 0.6) is 0 Å². The Labute approximate surface area is 103 Å². The Balaban J connectivity index is 2.07. The Hall–Kier alpha value is -0.290. The van der Waals surface area contributed by atoms with Gasteiger partial charge in [-0.1, -0.05) is 15.9 Å². The average molecular weight is 288 g/mol. The fraction of sp³-hybridized carbons (Fsp3) is 0.600. The number of aromatic nitrogens is 2. The summed E-state index contributed by atoms with van der Waals surface area (Å²) < 4.78 is 0. The highest BCUT2D eigenvalue weighted by Crippen LogP contribution is 2.23. The molecule has 0 saturated carbocycles. The molecule has 1 saturated heterocycles. The first-order valence-corrected chi connectivity index (χ1v) is 7.26. The highest BCUT2D eigenvalue weighted by Gasteiger charge is 2.21. The van der Waals surface area contributed by atoms with Crippen molar-refractivity contribution in [1.82, 2.24) is 9.97 Å². The van der Waals surface area contributed by atoms with E-state index in [9.17, 15) is 0 Å². The third-order valence-corrected chi connectivity index (χ3v) is 4.41. The number of nitrogens with zero attached hydrogens (tertiary/aromatic N) is 3. The summed E-state index contributed by atoms with van der Waals surface area (Å²) in [5, 5.41) is 0.816. The van der Waals surface area contributed by atoms with Gasteiger partial charge in [-0.3, -0.25) is 0 Å². The molecule has 1 unspecified atom stereocenters. The van der Waals surface area contributed by atoms with E-state index >= 15 is 0 Å². The molecule has 1 aromatic heterocycles. The molecule has 82 valence electrons. The summed E-state index contributed by atoms with van der Waals surface area (Å²) in [6.07, 6.45) is 5.01. The standard InChI is InChI=1S/C10H14BrN3S/c1-14(9-2-3-15-7-9)10-12-5-8(4-11)6-13-10/h5-6,9H,2-4,7H2,1H3. The Bertz CT molecular complexity index is 311. The Morgan fingerprint density at radius 2 is 2.27 bits per heavy atom. The van der Waals surface area contributed by atoms with Gasteiger partial charge in [-0.05, 0) is 17.7 Å². The van der Waals surface area contributed by atoms with Crippen molar-refractivity contribution in [3.63, 3.8) is 0 Å². The van der Waals surface area contributed by atoms with E-state index in [4.69, 9.17) is 0 Å². The molecule has 15 heavy (non-hydrogen) atoms. The second kappa shape index (κ2) is 5.16. The third-order valence-electron chi connectivity index (χ3n) is 2.61. The summed E-state index contributed by atoms with van der Waals surface area (Å²) >= 11 is 5.40. The van der Waals surface area contributed by atoms with Crippen LogP contribution in [0.15, 0.2) is 12.4 Å². The predicted molar refractivity (Wildman–Crippen MR) is 68.8 cm³/mol. The molecule has 0 N–H and O–H groups in total. The quantitative estimate of drug-likeness (QED) is 0.798. The lowest BCUT2D eigenvalue weighted by molar-refractivity contribution is 0.681. The van der Waals surface area contributed by atoms with Gasteiger partial charge in [0.25, 0.3) is 0 Å². The first-order valence-electron chi connectivity index (χ1n) is 4.98. The molecule has 0 radical (unpaired) electrons. The fourth-order valence-corrected chi connectivity index (χ4v) is 3.15. The van der Waals surface area contributed by atoms with Gasteiger partial charge in [-0.15, -0.1) is 0 Å². The van der Waals surface area contributed by atoms with Crippen LogP contribution in [-0.2, 0) is 5.33 Å². The van der Waals surface area contributed by atoms with Crippen molar-refractivity contribution in [3.05, 3.63) is 18.0 Å². The molecule has 0 bridgehead atoms. The molecule has 0 aliphatic carbocycles. The van der Waals surface area contributed by atoms with Crippen molar-refractivity contribution >= 4 is 33.6 Å². The van der Waals surface area contributed by atoms with Crippen LogP contribution in [0.25, 0.3) is 0 Å². The summed E-state index contributed by atoms with van der Waals surface area (Å²) in [6.45, 7) is 0. The molecule has 1 aliphatic heterocycles. The van der Waals surface area contributed by atoms with Gasteiger partial charge >= 0.3 is 0 Å². The van der Waals surface area contributed by atoms with E-state index in [-0.39, 0.29) is 0 Å². The van der Waals surface area contributed by atoms with Gasteiger partial charge in [-0.25, -0.2) is 9.97 Å². The molecule has 1 aromatic rings. The summed E-state index contributed by atoms with van der Waals surface area (Å²) in [5.74, 6) is 3.29. The summed E-state index contributed by atoms with van der Waals surface area (Å²) in [5.41, 5.74) is 1.12. The van der Waals surface area contributed by atoms with Gasteiger partial charge in [0.1, 0.15) is 0 Å². The Morgan fingerprint density at radius 1 is 1.53 bits per heavy atom. The van der Waals surface area contributed by atoms with Crippen LogP contribution in [0.3, 0.4) is 0 Å². The molecule has 0 amide bonds. The zero-order chi connectivity index (χ0) is 10.7. The van der Waals surface area contributed by atoms with Crippen molar-refractivity contribution in [1.29, 1.82) is 0 Å². The monoisotopic (exact) mass is 287 g/mol. The Morgan fingerprint density at radius 3 is 2.80 bits per heavy atom. The molecular weight excluding hydrogens is 274 g/mol. The normalized spacial score (nSPS) is 20.5. The topological polar surface area (TPSA) is 29.0 Å². The van der Waals surface area contributed by atoms with E-state index in [1.54, 1.807) is 0 Å². The van der Waals surface area contributed by atoms with Crippen LogP contribution in [0.1, 0.15) is 12.0 Å². The lowest BCUT2D eigenvalue weighted by Gasteiger charge is -2.23. The lowest BCUT2D eigenvalue weighted by atomic mass is 10.2. The van der Waals surface area contributed by atoms with Crippen LogP contribution in [0, 0.1) is 0 Å². The van der Waals surface area contributed by atoms with Gasteiger partial charge in [-0.2, -0.15) is 11.8 Å². The number of rotatable bonds is 3. The zero-order valence-corrected chi connectivity index (χ0v) is 11.1. The number of halogens is 1. The van der Waals surface area contributed by atoms with E-state index in [2.05, 4.69) is 37.8 Å². The molecule has 2 heterocycles. The minimum absolute atomic E-state index is 0.602. The number of hydrogen-bond donors (Lipinski definition) is 0. The fourth-order valence-electron chi connectivity index (χ4n) is 1.59. The minimum atomic E-state index is 0.602. The maximum absolute atomic E-state index is 4.37. The second-order valence-electron chi connectivity index (χ2n) is 3.65. The highest BCUT2D eigenvalue weighted by atomic mass is 79.9. The van der Waals surface area contributed by atoms with Crippen LogP contribution >= 0.6 is 27.7 Å². The molecule has 0 spiro atoms. The van der Waals surface area contributed by atoms with Crippen LogP contribution in [0.2, 0.25) is 0 Å².